The van der Waals surface area contributed by atoms with Crippen LogP contribution in [0.3, 0.4) is 0 Å². The maximum absolute atomic E-state index is 7.19. The summed E-state index contributed by atoms with van der Waals surface area (Å²) in [4.78, 5) is 0. The molecule has 0 radical (unpaired) electrons. The molecule has 0 aromatic heterocycles. The lowest BCUT2D eigenvalue weighted by molar-refractivity contribution is 0.345. The Hall–Kier alpha value is -6.87. The van der Waals surface area contributed by atoms with E-state index in [1.165, 1.54) is 0 Å². The molecule has 0 amide bonds. The molecule has 8 rings (SSSR count). The van der Waals surface area contributed by atoms with Crippen molar-refractivity contribution in [2.24, 2.45) is 10.3 Å². The summed E-state index contributed by atoms with van der Waals surface area (Å²) in [5.74, 6) is 0. The normalized spacial score (nSPS) is 12.1. The average Bonchev–Trinajstić information content (AvgIpc) is 3.32. The van der Waals surface area contributed by atoms with Crippen LogP contribution >= 0.6 is 0 Å². The number of oxime groups is 2. The summed E-state index contributed by atoms with van der Waals surface area (Å²) >= 11 is 0. The summed E-state index contributed by atoms with van der Waals surface area (Å²) in [6.07, 6.45) is 1.11. The van der Waals surface area contributed by atoms with Crippen molar-refractivity contribution in [1.29, 1.82) is 0 Å². The Morgan fingerprint density at radius 3 is 0.672 bits per heavy atom. The Balaban J connectivity index is 1.24. The van der Waals surface area contributed by atoms with Gasteiger partial charge < -0.3 is 9.05 Å². The fraction of sp³-hybridized carbons (Fsp3) is 0.0385. The van der Waals surface area contributed by atoms with Crippen molar-refractivity contribution in [2.75, 3.05) is 0 Å². The predicted octanol–water partition coefficient (Wildman–Crippen LogP) is 7.94. The topological polar surface area (TPSA) is 43.2 Å². The number of nitrogens with zero attached hydrogens (tertiary/aromatic N) is 2. The second-order valence-electron chi connectivity index (χ2n) is 14.0. The van der Waals surface area contributed by atoms with E-state index in [1.807, 2.05) is 12.1 Å². The maximum Gasteiger partial charge on any atom is 0.380 e. The van der Waals surface area contributed by atoms with Crippen molar-refractivity contribution in [1.82, 2.24) is 0 Å². The molecular formula is C52H44N2O2Si2. The van der Waals surface area contributed by atoms with E-state index in [9.17, 15) is 0 Å². The van der Waals surface area contributed by atoms with Crippen LogP contribution in [-0.2, 0) is 9.05 Å². The minimum absolute atomic E-state index is 0.556. The molecule has 0 spiro atoms. The molecule has 0 unspecified atom stereocenters. The van der Waals surface area contributed by atoms with E-state index in [0.717, 1.165) is 53.7 Å². The van der Waals surface area contributed by atoms with E-state index in [4.69, 9.17) is 19.4 Å². The standard InChI is InChI=1S/C52H44N2O2Si2/c1-9-25-43(26-10-1)51(53-55-57(45-29-13-3-14-30-45,46-31-15-4-16-32-46)47-33-17-5-18-34-47)41-42-52(44-27-11-2-12-28-44)54-56-58(48-35-19-6-20-36-48,49-37-21-7-22-38-49)50-39-23-8-24-40-50/h1-40H,41-42H2/b53-51-,54-52-. The largest absolute Gasteiger partial charge is 0.438 e. The molecule has 0 aliphatic rings. The first-order valence-corrected chi connectivity index (χ1v) is 23.5. The lowest BCUT2D eigenvalue weighted by atomic mass is 10.0. The molecule has 0 N–H and O–H groups in total. The molecule has 0 saturated heterocycles. The molecule has 0 bridgehead atoms. The van der Waals surface area contributed by atoms with Gasteiger partial charge in [-0.2, -0.15) is 0 Å². The second-order valence-corrected chi connectivity index (χ2v) is 20.6. The van der Waals surface area contributed by atoms with Gasteiger partial charge in [-0.3, -0.25) is 0 Å². The van der Waals surface area contributed by atoms with Gasteiger partial charge >= 0.3 is 16.6 Å². The SMILES string of the molecule is c1ccc(/C(CC/C(=N/O[Si](c2ccccc2)(c2ccccc2)c2ccccc2)c2ccccc2)=N\O[Si](c2ccccc2)(c2ccccc2)c2ccccc2)cc1. The van der Waals surface area contributed by atoms with Crippen molar-refractivity contribution in [3.63, 3.8) is 0 Å². The van der Waals surface area contributed by atoms with Crippen molar-refractivity contribution in [3.05, 3.63) is 254 Å². The van der Waals surface area contributed by atoms with Gasteiger partial charge in [-0.1, -0.05) is 243 Å². The summed E-state index contributed by atoms with van der Waals surface area (Å²) in [6.45, 7) is 0. The summed E-state index contributed by atoms with van der Waals surface area (Å²) in [5, 5.41) is 17.1. The van der Waals surface area contributed by atoms with Crippen LogP contribution in [0.2, 0.25) is 0 Å². The molecule has 8 aromatic rings. The van der Waals surface area contributed by atoms with Gasteiger partial charge in [0.2, 0.25) is 0 Å². The van der Waals surface area contributed by atoms with Gasteiger partial charge in [-0.15, -0.1) is 10.3 Å². The maximum atomic E-state index is 7.19. The second kappa shape index (κ2) is 18.4. The van der Waals surface area contributed by atoms with Gasteiger partial charge in [0.05, 0.1) is 11.4 Å². The molecule has 0 aliphatic carbocycles. The van der Waals surface area contributed by atoms with Crippen LogP contribution in [0.4, 0.5) is 0 Å². The minimum atomic E-state index is -3.13. The molecule has 0 heterocycles. The van der Waals surface area contributed by atoms with Gasteiger partial charge in [0.25, 0.3) is 0 Å². The number of rotatable bonds is 15. The van der Waals surface area contributed by atoms with Crippen LogP contribution in [-0.4, -0.2) is 28.1 Å². The summed E-state index contributed by atoms with van der Waals surface area (Å²) < 4.78 is 14.4. The molecule has 4 nitrogen and oxygen atoms in total. The van der Waals surface area contributed by atoms with Crippen LogP contribution in [0.25, 0.3) is 0 Å². The molecule has 8 aromatic carbocycles. The van der Waals surface area contributed by atoms with Crippen LogP contribution in [0.15, 0.2) is 253 Å². The van der Waals surface area contributed by atoms with Crippen molar-refractivity contribution in [2.45, 2.75) is 12.8 Å². The highest BCUT2D eigenvalue weighted by molar-refractivity contribution is 7.07. The summed E-state index contributed by atoms with van der Waals surface area (Å²) in [6, 6.07) is 84.0. The van der Waals surface area contributed by atoms with Gasteiger partial charge in [0, 0.05) is 0 Å². The average molecular weight is 785 g/mol. The molecule has 282 valence electrons. The number of benzene rings is 8. The van der Waals surface area contributed by atoms with Crippen LogP contribution in [0, 0.1) is 0 Å². The third-order valence-corrected chi connectivity index (χ3v) is 18.1. The first kappa shape index (κ1) is 38.0. The van der Waals surface area contributed by atoms with Crippen molar-refractivity contribution in [3.8, 4) is 0 Å². The van der Waals surface area contributed by atoms with E-state index < -0.39 is 16.6 Å². The molecule has 58 heavy (non-hydrogen) atoms. The zero-order valence-corrected chi connectivity index (χ0v) is 34.2. The van der Waals surface area contributed by atoms with Gasteiger partial charge in [0.15, 0.2) is 0 Å². The zero-order chi connectivity index (χ0) is 39.3. The van der Waals surface area contributed by atoms with Crippen LogP contribution in [0.1, 0.15) is 24.0 Å². The lowest BCUT2D eigenvalue weighted by Crippen LogP contribution is -2.68. The first-order valence-electron chi connectivity index (χ1n) is 19.7. The monoisotopic (exact) mass is 784 g/mol. The predicted molar refractivity (Wildman–Crippen MR) is 245 cm³/mol. The summed E-state index contributed by atoms with van der Waals surface area (Å²) in [5.41, 5.74) is 3.66. The van der Waals surface area contributed by atoms with Gasteiger partial charge in [0.1, 0.15) is 0 Å². The van der Waals surface area contributed by atoms with Crippen molar-refractivity contribution < 1.29 is 9.05 Å². The fourth-order valence-corrected chi connectivity index (χ4v) is 14.7. The Morgan fingerprint density at radius 2 is 0.466 bits per heavy atom. The molecular weight excluding hydrogens is 741 g/mol. The van der Waals surface area contributed by atoms with Gasteiger partial charge in [-0.25, -0.2) is 0 Å². The summed E-state index contributed by atoms with van der Waals surface area (Å²) in [7, 11) is -6.26. The molecule has 6 heteroatoms. The quantitative estimate of drug-likeness (QED) is 0.0459. The highest BCUT2D eigenvalue weighted by atomic mass is 28.4. The Kier molecular flexibility index (Phi) is 12.1. The highest BCUT2D eigenvalue weighted by Gasteiger charge is 2.46. The third-order valence-electron chi connectivity index (χ3n) is 10.5. The molecule has 0 fully saturated rings. The number of hydrogen-bond donors (Lipinski definition) is 0. The van der Waals surface area contributed by atoms with Crippen molar-refractivity contribution >= 4 is 59.2 Å². The van der Waals surface area contributed by atoms with Crippen LogP contribution < -0.4 is 31.1 Å². The molecule has 0 atom stereocenters. The van der Waals surface area contributed by atoms with Gasteiger partial charge in [-0.05, 0) is 55.1 Å². The zero-order valence-electron chi connectivity index (χ0n) is 32.2. The molecule has 0 aliphatic heterocycles. The Labute approximate surface area is 343 Å². The minimum Gasteiger partial charge on any atom is -0.438 e. The molecule has 0 saturated carbocycles. The number of hydrogen-bond acceptors (Lipinski definition) is 4. The fourth-order valence-electron chi connectivity index (χ4n) is 7.58. The Bertz CT molecular complexity index is 2150. The van der Waals surface area contributed by atoms with E-state index >= 15 is 0 Å². The smallest absolute Gasteiger partial charge is 0.380 e. The lowest BCUT2D eigenvalue weighted by Gasteiger charge is -2.31. The van der Waals surface area contributed by atoms with E-state index in [0.29, 0.717) is 12.8 Å². The van der Waals surface area contributed by atoms with E-state index in [-0.39, 0.29) is 0 Å². The highest BCUT2D eigenvalue weighted by Crippen LogP contribution is 2.18. The Morgan fingerprint density at radius 1 is 0.276 bits per heavy atom. The van der Waals surface area contributed by atoms with E-state index in [1.54, 1.807) is 0 Å². The first-order chi connectivity index (χ1) is 28.8. The van der Waals surface area contributed by atoms with E-state index in [2.05, 4.69) is 231 Å². The third kappa shape index (κ3) is 8.16. The van der Waals surface area contributed by atoms with Crippen LogP contribution in [0.5, 0.6) is 0 Å².